The maximum absolute atomic E-state index is 14.8. The number of aliphatic hydroxyl groups is 2. The van der Waals surface area contributed by atoms with Crippen molar-refractivity contribution in [2.24, 2.45) is 0 Å². The fourth-order valence-corrected chi connectivity index (χ4v) is 4.29. The van der Waals surface area contributed by atoms with Crippen molar-refractivity contribution in [2.45, 2.75) is 70.6 Å². The van der Waals surface area contributed by atoms with E-state index in [0.29, 0.717) is 0 Å². The van der Waals surface area contributed by atoms with Crippen molar-refractivity contribution >= 4 is 12.0 Å². The van der Waals surface area contributed by atoms with E-state index in [0.717, 1.165) is 18.2 Å². The zero-order valence-electron chi connectivity index (χ0n) is 27.1. The van der Waals surface area contributed by atoms with Gasteiger partial charge in [-0.3, -0.25) is 4.79 Å². The first kappa shape index (κ1) is 37.0. The first-order valence-electron chi connectivity index (χ1n) is 14.5. The first-order valence-corrected chi connectivity index (χ1v) is 14.5. The number of carbonyl (C=O) groups excluding carboxylic acids is 2. The highest BCUT2D eigenvalue weighted by Gasteiger charge is 2.56. The molecule has 0 saturated heterocycles. The van der Waals surface area contributed by atoms with Gasteiger partial charge in [-0.2, -0.15) is 13.2 Å². The number of alkyl carbamates (subject to hydrolysis) is 1. The van der Waals surface area contributed by atoms with Gasteiger partial charge in [0.25, 0.3) is 5.91 Å². The molecule has 2 aromatic carbocycles. The predicted molar refractivity (Wildman–Crippen MR) is 164 cm³/mol. The van der Waals surface area contributed by atoms with Crippen molar-refractivity contribution in [1.82, 2.24) is 15.6 Å². The number of carbonyl (C=O) groups is 2. The summed E-state index contributed by atoms with van der Waals surface area (Å²) in [6.07, 6.45) is -7.06. The molecule has 14 heteroatoms. The number of aliphatic hydroxyl groups excluding tert-OH is 1. The molecule has 0 aliphatic heterocycles. The maximum Gasteiger partial charge on any atom is 0.424 e. The molecule has 0 aliphatic rings. The van der Waals surface area contributed by atoms with Gasteiger partial charge in [0, 0.05) is 11.1 Å². The molecule has 0 radical (unpaired) electrons. The number of ether oxygens (including phenoxy) is 3. The molecule has 256 valence electrons. The standard InChI is InChI=1S/C33H39F4N3O7/c1-19(41)17-46-26-14-21(10-13-25(26)45-7)28(42)38-18-32(44,33(35,36)37)27-16-22(31(5,6)40-29(43)47-30(2,3)4)15-24(39-27)20-8-11-23(34)12-9-20/h8-16,19,41,44H,17-18H2,1-7H3,(H,38,42)(H,40,43)/t19-,32?/m1/s1. The Morgan fingerprint density at radius 3 is 2.15 bits per heavy atom. The highest BCUT2D eigenvalue weighted by Crippen LogP contribution is 2.40. The molecule has 2 atom stereocenters. The number of halogens is 4. The van der Waals surface area contributed by atoms with Crippen LogP contribution in [0.3, 0.4) is 0 Å². The SMILES string of the molecule is COc1ccc(C(=O)NCC(O)(c2cc(C(C)(C)NC(=O)OC(C)(C)C)cc(-c3ccc(F)cc3)n2)C(F)(F)F)cc1OC[C@@H](C)O. The summed E-state index contributed by atoms with van der Waals surface area (Å²) in [6, 6.07) is 11.0. The molecule has 3 aromatic rings. The number of rotatable bonds is 11. The predicted octanol–water partition coefficient (Wildman–Crippen LogP) is 5.60. The summed E-state index contributed by atoms with van der Waals surface area (Å²) in [5.41, 5.74) is -6.73. The van der Waals surface area contributed by atoms with Gasteiger partial charge >= 0.3 is 12.3 Å². The van der Waals surface area contributed by atoms with E-state index in [9.17, 15) is 37.4 Å². The Morgan fingerprint density at radius 1 is 0.957 bits per heavy atom. The number of nitrogens with one attached hydrogen (secondary N) is 2. The van der Waals surface area contributed by atoms with Gasteiger partial charge in [0.2, 0.25) is 5.60 Å². The third kappa shape index (κ3) is 9.55. The Labute approximate surface area is 270 Å². The lowest BCUT2D eigenvalue weighted by molar-refractivity contribution is -0.265. The van der Waals surface area contributed by atoms with Crippen LogP contribution in [0.1, 0.15) is 63.2 Å². The smallest absolute Gasteiger partial charge is 0.424 e. The third-order valence-corrected chi connectivity index (χ3v) is 6.80. The van der Waals surface area contributed by atoms with Crippen molar-refractivity contribution in [2.75, 3.05) is 20.3 Å². The average molecular weight is 666 g/mol. The number of amides is 2. The normalized spacial score (nSPS) is 14.1. The van der Waals surface area contributed by atoms with Crippen LogP contribution in [0.25, 0.3) is 11.3 Å². The van der Waals surface area contributed by atoms with Gasteiger partial charge in [-0.25, -0.2) is 14.2 Å². The largest absolute Gasteiger partial charge is 0.493 e. The Bertz CT molecular complexity index is 1570. The second-order valence-corrected chi connectivity index (χ2v) is 12.5. The van der Waals surface area contributed by atoms with Gasteiger partial charge in [-0.05, 0) is 102 Å². The van der Waals surface area contributed by atoms with Crippen LogP contribution in [-0.2, 0) is 15.9 Å². The molecule has 1 unspecified atom stereocenters. The van der Waals surface area contributed by atoms with E-state index in [1.807, 2.05) is 0 Å². The molecule has 10 nitrogen and oxygen atoms in total. The van der Waals surface area contributed by atoms with Gasteiger partial charge in [-0.1, -0.05) is 0 Å². The van der Waals surface area contributed by atoms with Crippen LogP contribution in [0.4, 0.5) is 22.4 Å². The number of nitrogens with zero attached hydrogens (tertiary/aromatic N) is 1. The molecule has 3 rings (SSSR count). The molecule has 0 fully saturated rings. The molecule has 1 heterocycles. The highest BCUT2D eigenvalue weighted by molar-refractivity contribution is 5.95. The molecule has 0 aliphatic carbocycles. The average Bonchev–Trinajstić information content (AvgIpc) is 2.96. The number of hydrogen-bond acceptors (Lipinski definition) is 8. The van der Waals surface area contributed by atoms with Gasteiger partial charge in [0.15, 0.2) is 11.5 Å². The number of methoxy groups -OCH3 is 1. The Morgan fingerprint density at radius 2 is 1.60 bits per heavy atom. The summed E-state index contributed by atoms with van der Waals surface area (Å²) < 4.78 is 73.9. The molecule has 4 N–H and O–H groups in total. The molecule has 47 heavy (non-hydrogen) atoms. The molecule has 0 saturated carbocycles. The van der Waals surface area contributed by atoms with Crippen LogP contribution in [0, 0.1) is 5.82 Å². The second kappa shape index (κ2) is 14.1. The van der Waals surface area contributed by atoms with E-state index in [4.69, 9.17) is 14.2 Å². The lowest BCUT2D eigenvalue weighted by Gasteiger charge is -2.33. The summed E-state index contributed by atoms with van der Waals surface area (Å²) in [6.45, 7) is 7.93. The minimum atomic E-state index is -5.36. The van der Waals surface area contributed by atoms with E-state index < -0.39 is 59.1 Å². The molecule has 2 amide bonds. The number of pyridine rings is 1. The lowest BCUT2D eigenvalue weighted by Crippen LogP contribution is -2.52. The molecule has 0 bridgehead atoms. The monoisotopic (exact) mass is 665 g/mol. The topological polar surface area (TPSA) is 139 Å². The number of alkyl halides is 3. The van der Waals surface area contributed by atoms with Crippen LogP contribution in [0.5, 0.6) is 11.5 Å². The van der Waals surface area contributed by atoms with Gasteiger partial charge in [0.05, 0.1) is 36.7 Å². The van der Waals surface area contributed by atoms with Crippen LogP contribution < -0.4 is 20.1 Å². The number of hydrogen-bond donors (Lipinski definition) is 4. The third-order valence-electron chi connectivity index (χ3n) is 6.80. The quantitative estimate of drug-likeness (QED) is 0.194. The Hall–Kier alpha value is -4.43. The number of benzene rings is 2. The summed E-state index contributed by atoms with van der Waals surface area (Å²) in [7, 11) is 1.35. The van der Waals surface area contributed by atoms with Gasteiger partial charge < -0.3 is 35.1 Å². The molecule has 0 spiro atoms. The van der Waals surface area contributed by atoms with Crippen LogP contribution in [0.15, 0.2) is 54.6 Å². The summed E-state index contributed by atoms with van der Waals surface area (Å²) in [5, 5.41) is 25.6. The minimum absolute atomic E-state index is 0.0603. The molecule has 1 aromatic heterocycles. The van der Waals surface area contributed by atoms with Gasteiger partial charge in [-0.15, -0.1) is 0 Å². The summed E-state index contributed by atoms with van der Waals surface area (Å²) >= 11 is 0. The second-order valence-electron chi connectivity index (χ2n) is 12.5. The van der Waals surface area contributed by atoms with Crippen molar-refractivity contribution < 1.29 is 51.6 Å². The van der Waals surface area contributed by atoms with Crippen molar-refractivity contribution in [3.8, 4) is 22.8 Å². The Kier molecular flexibility index (Phi) is 11.1. The van der Waals surface area contributed by atoms with Crippen molar-refractivity contribution in [1.29, 1.82) is 0 Å². The van der Waals surface area contributed by atoms with E-state index in [1.54, 1.807) is 20.8 Å². The fourth-order valence-electron chi connectivity index (χ4n) is 4.29. The van der Waals surface area contributed by atoms with Crippen LogP contribution in [0.2, 0.25) is 0 Å². The summed E-state index contributed by atoms with van der Waals surface area (Å²) in [5.74, 6) is -1.31. The molecular weight excluding hydrogens is 626 g/mol. The lowest BCUT2D eigenvalue weighted by atomic mass is 9.88. The van der Waals surface area contributed by atoms with E-state index in [1.165, 1.54) is 64.3 Å². The number of aromatic nitrogens is 1. The highest BCUT2D eigenvalue weighted by atomic mass is 19.4. The zero-order chi connectivity index (χ0) is 35.4. The van der Waals surface area contributed by atoms with Crippen molar-refractivity contribution in [3.05, 3.63) is 77.2 Å². The van der Waals surface area contributed by atoms with Crippen LogP contribution in [-0.4, -0.2) is 65.3 Å². The summed E-state index contributed by atoms with van der Waals surface area (Å²) in [4.78, 5) is 29.8. The van der Waals surface area contributed by atoms with Crippen molar-refractivity contribution in [3.63, 3.8) is 0 Å². The van der Waals surface area contributed by atoms with E-state index in [-0.39, 0.29) is 40.5 Å². The van der Waals surface area contributed by atoms with Gasteiger partial charge in [0.1, 0.15) is 18.0 Å². The maximum atomic E-state index is 14.8. The first-order chi connectivity index (χ1) is 21.6. The van der Waals surface area contributed by atoms with Crippen LogP contribution >= 0.6 is 0 Å². The Balaban J connectivity index is 2.07. The fraction of sp³-hybridized carbons (Fsp3) is 0.424. The molecular formula is C33H39F4N3O7. The zero-order valence-corrected chi connectivity index (χ0v) is 27.1. The van der Waals surface area contributed by atoms with E-state index >= 15 is 0 Å². The van der Waals surface area contributed by atoms with E-state index in [2.05, 4.69) is 15.6 Å². The minimum Gasteiger partial charge on any atom is -0.493 e.